The maximum absolute atomic E-state index is 13.6. The number of benzene rings is 4. The molecule has 4 N–H and O–H groups in total. The van der Waals surface area contributed by atoms with Crippen molar-refractivity contribution in [2.24, 2.45) is 21.7 Å². The summed E-state index contributed by atoms with van der Waals surface area (Å²) in [4.78, 5) is 201. The molecule has 133 heavy (non-hydrogen) atoms. The Labute approximate surface area is 789 Å². The van der Waals surface area contributed by atoms with Crippen LogP contribution in [0.25, 0.3) is 0 Å². The van der Waals surface area contributed by atoms with E-state index in [2.05, 4.69) is 126 Å². The third kappa shape index (κ3) is 29.8. The molecule has 0 spiro atoms. The van der Waals surface area contributed by atoms with E-state index in [1.807, 2.05) is 6.92 Å². The molecule has 48 nitrogen and oxygen atoms in total. The molecule has 4 atom stereocenters. The third-order valence-corrected chi connectivity index (χ3v) is 22.2. The number of nitrogens with zero attached hydrogens (tertiary/aromatic N) is 16. The number of esters is 8. The average molecular weight is 2110 g/mol. The summed E-state index contributed by atoms with van der Waals surface area (Å²) in [5.41, 5.74) is -10.2. The van der Waals surface area contributed by atoms with Gasteiger partial charge in [0.05, 0.1) is 115 Å². The fourth-order valence-corrected chi connectivity index (χ4v) is 16.1. The maximum Gasteiger partial charge on any atom is 0.321 e. The van der Waals surface area contributed by atoms with Crippen LogP contribution < -0.4 is 21.3 Å². The first-order chi connectivity index (χ1) is 62.4. The van der Waals surface area contributed by atoms with Gasteiger partial charge in [-0.05, 0) is 157 Å². The molecule has 0 saturated heterocycles. The highest BCUT2D eigenvalue weighted by atomic mass is 79.9. The number of carbonyl (C=O) groups excluding carboxylic acids is 12. The van der Waals surface area contributed by atoms with E-state index in [9.17, 15) is 98.0 Å². The second-order valence-electron chi connectivity index (χ2n) is 33.2. The van der Waals surface area contributed by atoms with Crippen molar-refractivity contribution in [3.63, 3.8) is 0 Å². The Morgan fingerprint density at radius 3 is 0.774 bits per heavy atom. The smallest absolute Gasteiger partial charge is 0.321 e. The molecule has 0 bridgehead atoms. The lowest BCUT2D eigenvalue weighted by atomic mass is 9.88. The zero-order valence-electron chi connectivity index (χ0n) is 73.5. The Bertz CT molecular complexity index is 5730. The van der Waals surface area contributed by atoms with Gasteiger partial charge in [0.2, 0.25) is 0 Å². The van der Waals surface area contributed by atoms with Crippen molar-refractivity contribution in [1.29, 1.82) is 0 Å². The van der Waals surface area contributed by atoms with Crippen molar-refractivity contribution in [3.05, 3.63) is 205 Å². The molecule has 0 saturated carbocycles. The Morgan fingerprint density at radius 2 is 0.564 bits per heavy atom. The Balaban J connectivity index is 0.728. The number of aromatic nitrogens is 12. The third-order valence-electron chi connectivity index (χ3n) is 19.4. The second kappa shape index (κ2) is 46.1. The average Bonchev–Trinajstić information content (AvgIpc) is 1.29. The number of halogens is 4. The number of amides is 4. The molecule has 52 heteroatoms. The van der Waals surface area contributed by atoms with Crippen molar-refractivity contribution >= 4 is 158 Å². The number of hydrogen-bond acceptors (Lipinski definition) is 36. The molecule has 0 radical (unpaired) electrons. The first-order valence-electron chi connectivity index (χ1n) is 40.1. The molecular weight excluding hydrogens is 2020 g/mol. The van der Waals surface area contributed by atoms with Crippen LogP contribution in [0.3, 0.4) is 0 Å². The molecule has 4 heterocycles. The summed E-state index contributed by atoms with van der Waals surface area (Å²) >= 11 is 13.0. The number of para-hydroxylation sites is 4. The quantitative estimate of drug-likeness (QED) is 0.00906. The predicted molar refractivity (Wildman–Crippen MR) is 471 cm³/mol. The lowest BCUT2D eigenvalue weighted by Gasteiger charge is -2.27. The number of alkyl halides is 4. The van der Waals surface area contributed by atoms with E-state index in [-0.39, 0.29) is 102 Å². The van der Waals surface area contributed by atoms with Gasteiger partial charge in [0, 0.05) is 6.54 Å². The number of nitro groups is 4. The summed E-state index contributed by atoms with van der Waals surface area (Å²) < 4.78 is 48.2. The lowest BCUT2D eigenvalue weighted by Crippen LogP contribution is -2.35. The number of ether oxygens (including phenoxy) is 8. The molecule has 4 amide bonds. The molecule has 4 aromatic heterocycles. The van der Waals surface area contributed by atoms with Crippen LogP contribution in [0.15, 0.2) is 97.6 Å². The number of nitrogens with one attached hydrogen (secondary N) is 4. The molecule has 0 aliphatic carbocycles. The standard InChI is InChI=1S/C81H92Br4N20O28/c1-13-98-34-49(90-94-98)30-86-65(106)53-22-14-18-45(61(53)102(118)119)38-126-73(114)78(5,6)26-57(82)69(110)130-42-99-35-50(91-95-99)31-87-66(107)54-23-15-19-46(62(54)103(120)121)39-127-74(115)79(7,8)27-58(83)70(111)131-43-100-36-51(92-96-100)32-88-67(108)55-24-16-20-47(63(55)104(122)123)40-128-75(116)80(9,10)28-59(84)71(112)132-44-101-37-52(93-97-101)33-89-68(109)56-25-17-21-48(64(56)105(124)125)41-129-76(117)81(11,12)29-60(85)72(113)133-77(2,3)4/h14-25,34-37,57-60H,13,26-33,38-44H2,1-12H3,(H,86,106)(H,87,107)(H,88,108)(H,89,109). The zero-order chi connectivity index (χ0) is 98.4. The number of nitro benzene ring substituents is 4. The topological polar surface area (TPSA) is 622 Å². The van der Waals surface area contributed by atoms with E-state index in [0.29, 0.717) is 12.2 Å². The van der Waals surface area contributed by atoms with Gasteiger partial charge in [0.25, 0.3) is 46.4 Å². The zero-order valence-corrected chi connectivity index (χ0v) is 79.8. The minimum Gasteiger partial charge on any atom is -0.460 e. The number of rotatable bonds is 47. The molecule has 0 fully saturated rings. The summed E-state index contributed by atoms with van der Waals surface area (Å²) in [5.74, 6) is -10.2. The minimum absolute atomic E-state index is 0.0336. The van der Waals surface area contributed by atoms with Crippen LogP contribution in [0.2, 0.25) is 0 Å². The molecule has 8 rings (SSSR count). The van der Waals surface area contributed by atoms with Crippen LogP contribution >= 0.6 is 63.7 Å². The number of carbonyl (C=O) groups is 12. The van der Waals surface area contributed by atoms with Crippen molar-refractivity contribution in [2.45, 2.75) is 213 Å². The van der Waals surface area contributed by atoms with Gasteiger partial charge < -0.3 is 59.2 Å². The van der Waals surface area contributed by atoms with Gasteiger partial charge in [0.15, 0.2) is 20.2 Å². The van der Waals surface area contributed by atoms with Gasteiger partial charge >= 0.3 is 47.8 Å². The Kier molecular flexibility index (Phi) is 36.4. The molecule has 0 aliphatic rings. The first-order valence-corrected chi connectivity index (χ1v) is 43.8. The largest absolute Gasteiger partial charge is 0.460 e. The fourth-order valence-electron chi connectivity index (χ4n) is 12.4. The Hall–Kier alpha value is -13.4. The molecule has 712 valence electrons. The van der Waals surface area contributed by atoms with Crippen molar-refractivity contribution in [3.8, 4) is 0 Å². The Morgan fingerprint density at radius 1 is 0.346 bits per heavy atom. The normalized spacial score (nSPS) is 12.6. The summed E-state index contributed by atoms with van der Waals surface area (Å²) in [5, 5.41) is 90.9. The molecule has 8 aromatic rings. The summed E-state index contributed by atoms with van der Waals surface area (Å²) in [6.07, 6.45) is 4.81. The molecule has 4 aromatic carbocycles. The van der Waals surface area contributed by atoms with E-state index < -0.39 is 218 Å². The van der Waals surface area contributed by atoms with Crippen molar-refractivity contribution in [1.82, 2.24) is 81.2 Å². The number of hydrogen-bond donors (Lipinski definition) is 4. The van der Waals surface area contributed by atoms with Gasteiger partial charge in [0.1, 0.15) is 96.4 Å². The van der Waals surface area contributed by atoms with E-state index in [1.54, 1.807) is 27.0 Å². The molecule has 0 aliphatic heterocycles. The summed E-state index contributed by atoms with van der Waals surface area (Å²) in [6, 6.07) is 15.3. The monoisotopic (exact) mass is 2110 g/mol. The fraction of sp³-hybridized carbons (Fsp3) is 0.457. The second-order valence-corrected chi connectivity index (χ2v) is 37.6. The maximum atomic E-state index is 13.6. The van der Waals surface area contributed by atoms with E-state index in [1.165, 1.54) is 139 Å². The van der Waals surface area contributed by atoms with Crippen LogP contribution in [0.1, 0.15) is 195 Å². The minimum atomic E-state index is -1.46. The van der Waals surface area contributed by atoms with Gasteiger partial charge in [-0.25, -0.2) is 14.0 Å². The molecule has 4 unspecified atom stereocenters. The van der Waals surface area contributed by atoms with E-state index in [4.69, 9.17) is 37.9 Å². The van der Waals surface area contributed by atoms with Crippen LogP contribution in [-0.2, 0) is 156 Å². The van der Waals surface area contributed by atoms with Crippen molar-refractivity contribution < 1.29 is 115 Å². The van der Waals surface area contributed by atoms with Gasteiger partial charge in [-0.1, -0.05) is 109 Å². The van der Waals surface area contributed by atoms with Gasteiger partial charge in [-0.3, -0.25) is 103 Å². The predicted octanol–water partition coefficient (Wildman–Crippen LogP) is 9.26. The van der Waals surface area contributed by atoms with Gasteiger partial charge in [-0.15, -0.1) is 20.4 Å². The summed E-state index contributed by atoms with van der Waals surface area (Å²) in [6.45, 7) is 14.0. The van der Waals surface area contributed by atoms with E-state index >= 15 is 0 Å². The van der Waals surface area contributed by atoms with Crippen LogP contribution in [0.4, 0.5) is 22.7 Å². The van der Waals surface area contributed by atoms with Gasteiger partial charge in [-0.2, -0.15) is 0 Å². The van der Waals surface area contributed by atoms with Crippen molar-refractivity contribution in [2.75, 3.05) is 0 Å². The summed E-state index contributed by atoms with van der Waals surface area (Å²) in [7, 11) is 0. The highest BCUT2D eigenvalue weighted by Gasteiger charge is 2.42. The van der Waals surface area contributed by atoms with E-state index in [0.717, 1.165) is 26.2 Å². The SMILES string of the molecule is CCn1cc(CNC(=O)c2cccc(COC(=O)C(C)(C)CC(Br)C(=O)OCn3cc(CNC(=O)c4cccc(COC(=O)C(C)(C)CC(Br)C(=O)OCn5cc(CNC(=O)c6cccc(COC(=O)C(C)(C)CC(Br)C(=O)OCn7cc(CNC(=O)c8cccc(COC(=O)C(C)(C)CC(Br)C(=O)OC(C)(C)C)c8[N+](=O)[O-])nn7)c6[N+](=O)[O-])nn5)c4[N+](=O)[O-])nn3)c2[N+](=O)[O-])nn1. The van der Waals surface area contributed by atoms with Crippen LogP contribution in [-0.4, -0.2) is 176 Å². The number of aryl methyl sites for hydroxylation is 1. The first kappa shape index (κ1) is 105. The molecular formula is C81H92Br4N20O28. The highest BCUT2D eigenvalue weighted by molar-refractivity contribution is 9.10. The highest BCUT2D eigenvalue weighted by Crippen LogP contribution is 2.37. The van der Waals surface area contributed by atoms with Crippen LogP contribution in [0, 0.1) is 62.1 Å². The van der Waals surface area contributed by atoms with Crippen LogP contribution in [0.5, 0.6) is 0 Å². The lowest BCUT2D eigenvalue weighted by molar-refractivity contribution is -0.386.